The molecule has 1 aromatic carbocycles. The fourth-order valence-corrected chi connectivity index (χ4v) is 2.48. The predicted molar refractivity (Wildman–Crippen MR) is 80.9 cm³/mol. The highest BCUT2D eigenvalue weighted by Gasteiger charge is 2.10. The van der Waals surface area contributed by atoms with Crippen LogP contribution < -0.4 is 5.56 Å². The average molecular weight is 349 g/mol. The van der Waals surface area contributed by atoms with E-state index in [0.717, 1.165) is 17.4 Å². The van der Waals surface area contributed by atoms with E-state index in [4.69, 9.17) is 0 Å². The average Bonchev–Trinajstić information content (AvgIpc) is 2.90. The number of fused-ring (bicyclic) bond motifs is 1. The van der Waals surface area contributed by atoms with Gasteiger partial charge in [0.15, 0.2) is 5.82 Å². The Morgan fingerprint density at radius 3 is 3.00 bits per heavy atom. The third kappa shape index (κ3) is 2.71. The molecule has 8 heteroatoms. The fourth-order valence-electron chi connectivity index (χ4n) is 2.12. The molecular formula is C13H13BrN6O. The van der Waals surface area contributed by atoms with Gasteiger partial charge in [-0.15, -0.1) is 5.10 Å². The van der Waals surface area contributed by atoms with Gasteiger partial charge in [-0.3, -0.25) is 9.36 Å². The van der Waals surface area contributed by atoms with Crippen molar-refractivity contribution in [3.8, 4) is 0 Å². The first-order chi connectivity index (χ1) is 10.2. The van der Waals surface area contributed by atoms with Gasteiger partial charge in [-0.2, -0.15) is 0 Å². The number of hydrogen-bond donors (Lipinski definition) is 0. The number of aromatic nitrogens is 6. The molecule has 0 N–H and O–H groups in total. The van der Waals surface area contributed by atoms with Crippen molar-refractivity contribution in [3.63, 3.8) is 0 Å². The van der Waals surface area contributed by atoms with Crippen LogP contribution in [-0.2, 0) is 13.1 Å². The molecular weight excluding hydrogens is 336 g/mol. The second kappa shape index (κ2) is 5.72. The summed E-state index contributed by atoms with van der Waals surface area (Å²) >= 11 is 3.37. The molecule has 0 amide bonds. The van der Waals surface area contributed by atoms with Crippen molar-refractivity contribution in [1.82, 2.24) is 29.8 Å². The summed E-state index contributed by atoms with van der Waals surface area (Å²) in [5.41, 5.74) is 0.569. The first-order valence-corrected chi connectivity index (χ1v) is 7.38. The van der Waals surface area contributed by atoms with Crippen LogP contribution in [0.3, 0.4) is 0 Å². The molecule has 2 aromatic heterocycles. The van der Waals surface area contributed by atoms with E-state index in [-0.39, 0.29) is 5.56 Å². The molecule has 0 unspecified atom stereocenters. The maximum atomic E-state index is 12.5. The number of rotatable bonds is 4. The SMILES string of the molecule is CCCn1nnnc1Cn1cnc2ccc(Br)cc2c1=O. The number of nitrogens with zero attached hydrogens (tertiary/aromatic N) is 6. The van der Waals surface area contributed by atoms with Crippen molar-refractivity contribution < 1.29 is 0 Å². The second-order valence-electron chi connectivity index (χ2n) is 4.66. The number of benzene rings is 1. The van der Waals surface area contributed by atoms with E-state index < -0.39 is 0 Å². The zero-order valence-electron chi connectivity index (χ0n) is 11.4. The Labute approximate surface area is 128 Å². The molecule has 0 spiro atoms. The minimum Gasteiger partial charge on any atom is -0.291 e. The van der Waals surface area contributed by atoms with Crippen molar-refractivity contribution in [2.75, 3.05) is 0 Å². The summed E-state index contributed by atoms with van der Waals surface area (Å²) in [4.78, 5) is 16.8. The Morgan fingerprint density at radius 1 is 1.33 bits per heavy atom. The Kier molecular flexibility index (Phi) is 3.78. The maximum Gasteiger partial charge on any atom is 0.261 e. The van der Waals surface area contributed by atoms with E-state index in [1.807, 2.05) is 19.1 Å². The molecule has 2 heterocycles. The van der Waals surface area contributed by atoms with E-state index >= 15 is 0 Å². The van der Waals surface area contributed by atoms with Crippen molar-refractivity contribution in [1.29, 1.82) is 0 Å². The van der Waals surface area contributed by atoms with Gasteiger partial charge < -0.3 is 0 Å². The van der Waals surface area contributed by atoms with Crippen LogP contribution in [-0.4, -0.2) is 29.8 Å². The van der Waals surface area contributed by atoms with Crippen molar-refractivity contribution in [2.45, 2.75) is 26.4 Å². The lowest BCUT2D eigenvalue weighted by atomic mass is 10.2. The van der Waals surface area contributed by atoms with Crippen LogP contribution in [0.1, 0.15) is 19.2 Å². The molecule has 0 aliphatic carbocycles. The van der Waals surface area contributed by atoms with Crippen LogP contribution in [0.4, 0.5) is 0 Å². The molecule has 0 aliphatic heterocycles. The van der Waals surface area contributed by atoms with Crippen molar-refractivity contribution >= 4 is 26.8 Å². The summed E-state index contributed by atoms with van der Waals surface area (Å²) in [5, 5.41) is 12.1. The molecule has 0 bridgehead atoms. The zero-order chi connectivity index (χ0) is 14.8. The Morgan fingerprint density at radius 2 is 2.19 bits per heavy atom. The lowest BCUT2D eigenvalue weighted by Crippen LogP contribution is -2.23. The Balaban J connectivity index is 2.03. The minimum absolute atomic E-state index is 0.104. The summed E-state index contributed by atoms with van der Waals surface area (Å²) in [5.74, 6) is 0.648. The first kappa shape index (κ1) is 13.9. The van der Waals surface area contributed by atoms with Gasteiger partial charge in [0.1, 0.15) is 0 Å². The molecule has 0 saturated carbocycles. The third-order valence-corrected chi connectivity index (χ3v) is 3.63. The first-order valence-electron chi connectivity index (χ1n) is 6.59. The molecule has 108 valence electrons. The van der Waals surface area contributed by atoms with Gasteiger partial charge in [0, 0.05) is 11.0 Å². The molecule has 7 nitrogen and oxygen atoms in total. The second-order valence-corrected chi connectivity index (χ2v) is 5.57. The standard InChI is InChI=1S/C13H13BrN6O/c1-2-5-20-12(16-17-18-20)7-19-8-15-11-4-3-9(14)6-10(11)13(19)21/h3-4,6,8H,2,5,7H2,1H3. The van der Waals surface area contributed by atoms with Crippen LogP contribution in [0.15, 0.2) is 33.8 Å². The van der Waals surface area contributed by atoms with E-state index in [1.165, 1.54) is 10.9 Å². The molecule has 0 aliphatic rings. The smallest absolute Gasteiger partial charge is 0.261 e. The fraction of sp³-hybridized carbons (Fsp3) is 0.308. The largest absolute Gasteiger partial charge is 0.291 e. The van der Waals surface area contributed by atoms with Crippen LogP contribution in [0.25, 0.3) is 10.9 Å². The van der Waals surface area contributed by atoms with Gasteiger partial charge in [-0.05, 0) is 35.0 Å². The van der Waals surface area contributed by atoms with Crippen LogP contribution >= 0.6 is 15.9 Å². The summed E-state index contributed by atoms with van der Waals surface area (Å²) in [6.45, 7) is 3.08. The van der Waals surface area contributed by atoms with E-state index in [2.05, 4.69) is 36.4 Å². The van der Waals surface area contributed by atoms with Crippen LogP contribution in [0.2, 0.25) is 0 Å². The summed E-state index contributed by atoms with van der Waals surface area (Å²) in [7, 11) is 0. The number of aryl methyl sites for hydroxylation is 1. The molecule has 3 aromatic rings. The highest BCUT2D eigenvalue weighted by molar-refractivity contribution is 9.10. The van der Waals surface area contributed by atoms with Gasteiger partial charge in [0.25, 0.3) is 5.56 Å². The highest BCUT2D eigenvalue weighted by atomic mass is 79.9. The van der Waals surface area contributed by atoms with E-state index in [1.54, 1.807) is 10.7 Å². The Hall–Kier alpha value is -2.09. The number of tetrazole rings is 1. The summed E-state index contributed by atoms with van der Waals surface area (Å²) in [6.07, 6.45) is 2.46. The predicted octanol–water partition coefficient (Wildman–Crippen LogP) is 1.60. The molecule has 0 atom stereocenters. The molecule has 0 fully saturated rings. The van der Waals surface area contributed by atoms with Gasteiger partial charge in [-0.25, -0.2) is 9.67 Å². The number of hydrogen-bond acceptors (Lipinski definition) is 5. The summed E-state index contributed by atoms with van der Waals surface area (Å²) < 4.78 is 4.08. The van der Waals surface area contributed by atoms with Crippen molar-refractivity contribution in [3.05, 3.63) is 45.2 Å². The van der Waals surface area contributed by atoms with Gasteiger partial charge in [0.2, 0.25) is 0 Å². The van der Waals surface area contributed by atoms with Crippen molar-refractivity contribution in [2.24, 2.45) is 0 Å². The zero-order valence-corrected chi connectivity index (χ0v) is 13.0. The van der Waals surface area contributed by atoms with E-state index in [0.29, 0.717) is 23.3 Å². The topological polar surface area (TPSA) is 78.5 Å². The van der Waals surface area contributed by atoms with Gasteiger partial charge in [-0.1, -0.05) is 22.9 Å². The molecule has 3 rings (SSSR count). The lowest BCUT2D eigenvalue weighted by molar-refractivity contribution is 0.540. The van der Waals surface area contributed by atoms with Gasteiger partial charge >= 0.3 is 0 Å². The minimum atomic E-state index is -0.104. The lowest BCUT2D eigenvalue weighted by Gasteiger charge is -2.07. The van der Waals surface area contributed by atoms with E-state index in [9.17, 15) is 4.79 Å². The molecule has 0 saturated heterocycles. The third-order valence-electron chi connectivity index (χ3n) is 3.14. The Bertz CT molecular complexity index is 840. The van der Waals surface area contributed by atoms with Crippen LogP contribution in [0.5, 0.6) is 0 Å². The molecule has 0 radical (unpaired) electrons. The maximum absolute atomic E-state index is 12.5. The van der Waals surface area contributed by atoms with Crippen LogP contribution in [0, 0.1) is 0 Å². The van der Waals surface area contributed by atoms with Gasteiger partial charge in [0.05, 0.1) is 23.8 Å². The normalized spacial score (nSPS) is 11.1. The highest BCUT2D eigenvalue weighted by Crippen LogP contribution is 2.14. The monoisotopic (exact) mass is 348 g/mol. The quantitative estimate of drug-likeness (QED) is 0.715. The molecule has 21 heavy (non-hydrogen) atoms. The summed E-state index contributed by atoms with van der Waals surface area (Å²) in [6, 6.07) is 5.45. The number of halogens is 1.